The van der Waals surface area contributed by atoms with Crippen LogP contribution in [0.4, 0.5) is 4.39 Å². The molecular weight excluding hydrogens is 377 g/mol. The number of nitrogens with one attached hydrogen (secondary N) is 2. The van der Waals surface area contributed by atoms with Gasteiger partial charge in [0.1, 0.15) is 16.9 Å². The van der Waals surface area contributed by atoms with Gasteiger partial charge in [-0.15, -0.1) is 0 Å². The number of halogens is 1. The van der Waals surface area contributed by atoms with Gasteiger partial charge in [0.2, 0.25) is 0 Å². The highest BCUT2D eigenvalue weighted by molar-refractivity contribution is 6.01. The molecule has 0 radical (unpaired) electrons. The number of hydrogen-bond donors (Lipinski definition) is 3. The largest absolute Gasteiger partial charge is 0.505 e. The third kappa shape index (κ3) is 4.12. The maximum absolute atomic E-state index is 13.0. The molecule has 1 aliphatic heterocycles. The van der Waals surface area contributed by atoms with Gasteiger partial charge >= 0.3 is 0 Å². The number of hydrogen-bond acceptors (Lipinski definition) is 5. The number of aromatic nitrogens is 2. The maximum Gasteiger partial charge on any atom is 0.265 e. The molecule has 8 heteroatoms. The Bertz CT molecular complexity index is 1110. The molecule has 29 heavy (non-hydrogen) atoms. The molecule has 0 bridgehead atoms. The van der Waals surface area contributed by atoms with Crippen LogP contribution in [0.1, 0.15) is 34.3 Å². The van der Waals surface area contributed by atoms with E-state index in [0.29, 0.717) is 18.5 Å². The summed E-state index contributed by atoms with van der Waals surface area (Å²) in [6.45, 7) is 0.937. The molecule has 0 saturated carbocycles. The van der Waals surface area contributed by atoms with E-state index in [2.05, 4.69) is 15.3 Å². The predicted molar refractivity (Wildman–Crippen MR) is 105 cm³/mol. The van der Waals surface area contributed by atoms with Gasteiger partial charge in [-0.05, 0) is 48.6 Å². The first-order valence-corrected chi connectivity index (χ1v) is 9.39. The third-order valence-electron chi connectivity index (χ3n) is 4.94. The van der Waals surface area contributed by atoms with Crippen molar-refractivity contribution in [2.75, 3.05) is 13.2 Å². The van der Waals surface area contributed by atoms with E-state index in [4.69, 9.17) is 4.74 Å². The highest BCUT2D eigenvalue weighted by atomic mass is 19.1. The molecule has 1 aromatic carbocycles. The van der Waals surface area contributed by atoms with Crippen LogP contribution in [0, 0.1) is 5.82 Å². The van der Waals surface area contributed by atoms with Crippen molar-refractivity contribution in [2.24, 2.45) is 0 Å². The molecule has 1 fully saturated rings. The van der Waals surface area contributed by atoms with Crippen molar-refractivity contribution >= 4 is 16.9 Å². The van der Waals surface area contributed by atoms with E-state index in [1.807, 2.05) is 0 Å². The molecule has 7 nitrogen and oxygen atoms in total. The fourth-order valence-electron chi connectivity index (χ4n) is 3.45. The number of nitrogens with zero attached hydrogens (tertiary/aromatic N) is 1. The Kier molecular flexibility index (Phi) is 5.26. The first-order valence-electron chi connectivity index (χ1n) is 9.39. The predicted octanol–water partition coefficient (Wildman–Crippen LogP) is 2.27. The van der Waals surface area contributed by atoms with Crippen molar-refractivity contribution in [3.8, 4) is 5.75 Å². The van der Waals surface area contributed by atoms with Crippen LogP contribution in [-0.2, 0) is 11.2 Å². The van der Waals surface area contributed by atoms with Gasteiger partial charge in [0.25, 0.3) is 11.5 Å². The summed E-state index contributed by atoms with van der Waals surface area (Å²) < 4.78 is 18.5. The van der Waals surface area contributed by atoms with Gasteiger partial charge in [-0.3, -0.25) is 14.6 Å². The Hall–Kier alpha value is -3.26. The summed E-state index contributed by atoms with van der Waals surface area (Å²) in [5, 5.41) is 13.1. The zero-order valence-corrected chi connectivity index (χ0v) is 15.6. The number of carbonyl (C=O) groups excluding carboxylic acids is 1. The first kappa shape index (κ1) is 19.1. The van der Waals surface area contributed by atoms with E-state index in [1.54, 1.807) is 24.4 Å². The minimum Gasteiger partial charge on any atom is -0.505 e. The molecule has 0 spiro atoms. The number of amides is 1. The van der Waals surface area contributed by atoms with Crippen molar-refractivity contribution in [2.45, 2.75) is 25.4 Å². The average Bonchev–Trinajstić information content (AvgIpc) is 3.21. The summed E-state index contributed by atoms with van der Waals surface area (Å²) >= 11 is 0. The maximum atomic E-state index is 13.0. The van der Waals surface area contributed by atoms with Crippen molar-refractivity contribution < 1.29 is 19.0 Å². The molecule has 1 unspecified atom stereocenters. The smallest absolute Gasteiger partial charge is 0.265 e. The Balaban J connectivity index is 1.58. The fraction of sp³-hybridized carbons (Fsp3) is 0.286. The number of fused-ring (bicyclic) bond motifs is 1. The zero-order chi connectivity index (χ0) is 20.4. The number of carbonyl (C=O) groups is 1. The van der Waals surface area contributed by atoms with Gasteiger partial charge in [-0.2, -0.15) is 0 Å². The second-order valence-corrected chi connectivity index (χ2v) is 7.07. The number of aromatic hydroxyl groups is 1. The number of H-pyrrole nitrogens is 1. The molecule has 3 aromatic rings. The fourth-order valence-corrected chi connectivity index (χ4v) is 3.45. The zero-order valence-electron chi connectivity index (χ0n) is 15.6. The van der Waals surface area contributed by atoms with Gasteiger partial charge < -0.3 is 20.1 Å². The standard InChI is InChI=1S/C21H20FN3O4/c22-14-5-3-12(4-6-14)8-13-9-16-18(23-10-13)19(26)17(21(28)25-16)20(27)24-11-15-2-1-7-29-15/h3-6,9-10,15H,1-2,7-8,11H2,(H,24,27)(H2,25,26,28). The third-order valence-corrected chi connectivity index (χ3v) is 4.94. The lowest BCUT2D eigenvalue weighted by Crippen LogP contribution is -2.35. The summed E-state index contributed by atoms with van der Waals surface area (Å²) in [5.74, 6) is -1.44. The summed E-state index contributed by atoms with van der Waals surface area (Å²) in [6.07, 6.45) is 3.74. The highest BCUT2D eigenvalue weighted by Gasteiger charge is 2.22. The van der Waals surface area contributed by atoms with Crippen LogP contribution in [0.3, 0.4) is 0 Å². The Morgan fingerprint density at radius 2 is 2.10 bits per heavy atom. The van der Waals surface area contributed by atoms with Crippen LogP contribution in [0.2, 0.25) is 0 Å². The van der Waals surface area contributed by atoms with Crippen LogP contribution < -0.4 is 10.9 Å². The number of rotatable bonds is 5. The number of ether oxygens (including phenoxy) is 1. The van der Waals surface area contributed by atoms with Crippen LogP contribution in [-0.4, -0.2) is 40.2 Å². The lowest BCUT2D eigenvalue weighted by molar-refractivity contribution is 0.0854. The van der Waals surface area contributed by atoms with E-state index in [-0.39, 0.29) is 29.5 Å². The van der Waals surface area contributed by atoms with E-state index >= 15 is 0 Å². The van der Waals surface area contributed by atoms with Crippen molar-refractivity contribution in [3.63, 3.8) is 0 Å². The summed E-state index contributed by atoms with van der Waals surface area (Å²) in [4.78, 5) is 31.7. The monoisotopic (exact) mass is 397 g/mol. The molecule has 3 N–H and O–H groups in total. The van der Waals surface area contributed by atoms with Crippen molar-refractivity contribution in [3.05, 3.63) is 69.4 Å². The second kappa shape index (κ2) is 8.00. The number of aromatic amines is 1. The van der Waals surface area contributed by atoms with Gasteiger partial charge in [0.15, 0.2) is 5.75 Å². The molecule has 2 aromatic heterocycles. The molecular formula is C21H20FN3O4. The van der Waals surface area contributed by atoms with E-state index in [1.165, 1.54) is 12.1 Å². The van der Waals surface area contributed by atoms with Crippen LogP contribution in [0.5, 0.6) is 5.75 Å². The molecule has 1 saturated heterocycles. The van der Waals surface area contributed by atoms with Gasteiger partial charge in [0.05, 0.1) is 11.6 Å². The van der Waals surface area contributed by atoms with Crippen molar-refractivity contribution in [1.82, 2.24) is 15.3 Å². The van der Waals surface area contributed by atoms with Crippen molar-refractivity contribution in [1.29, 1.82) is 0 Å². The van der Waals surface area contributed by atoms with Crippen LogP contribution in [0.15, 0.2) is 41.3 Å². The van der Waals surface area contributed by atoms with Gasteiger partial charge in [-0.1, -0.05) is 12.1 Å². The Morgan fingerprint density at radius 1 is 1.31 bits per heavy atom. The summed E-state index contributed by atoms with van der Waals surface area (Å²) in [6, 6.07) is 7.77. The average molecular weight is 397 g/mol. The van der Waals surface area contributed by atoms with E-state index in [0.717, 1.165) is 24.0 Å². The topological polar surface area (TPSA) is 104 Å². The summed E-state index contributed by atoms with van der Waals surface area (Å²) in [7, 11) is 0. The first-order chi connectivity index (χ1) is 14.0. The molecule has 1 atom stereocenters. The minimum absolute atomic E-state index is 0.0761. The normalized spacial score (nSPS) is 16.2. The Morgan fingerprint density at radius 3 is 2.83 bits per heavy atom. The van der Waals surface area contributed by atoms with Gasteiger partial charge in [-0.25, -0.2) is 4.39 Å². The second-order valence-electron chi connectivity index (χ2n) is 7.07. The summed E-state index contributed by atoms with van der Waals surface area (Å²) in [5.41, 5.74) is 1.05. The van der Waals surface area contributed by atoms with E-state index in [9.17, 15) is 19.1 Å². The number of pyridine rings is 2. The molecule has 0 aliphatic carbocycles. The highest BCUT2D eigenvalue weighted by Crippen LogP contribution is 2.24. The molecule has 150 valence electrons. The SMILES string of the molecule is O=C(NCC1CCCO1)c1c(O)c2ncc(Cc3ccc(F)cc3)cc2[nH]c1=O. The Labute approximate surface area is 165 Å². The minimum atomic E-state index is -0.694. The van der Waals surface area contributed by atoms with E-state index < -0.39 is 17.2 Å². The quantitative estimate of drug-likeness (QED) is 0.613. The van der Waals surface area contributed by atoms with Gasteiger partial charge in [0, 0.05) is 19.3 Å². The molecule has 1 amide bonds. The van der Waals surface area contributed by atoms with Crippen LogP contribution in [0.25, 0.3) is 11.0 Å². The number of benzene rings is 1. The molecule has 3 heterocycles. The lowest BCUT2D eigenvalue weighted by atomic mass is 10.1. The van der Waals surface area contributed by atoms with Crippen LogP contribution >= 0.6 is 0 Å². The molecule has 1 aliphatic rings. The molecule has 4 rings (SSSR count). The lowest BCUT2D eigenvalue weighted by Gasteiger charge is -2.12.